The summed E-state index contributed by atoms with van der Waals surface area (Å²) < 4.78 is 7.18. The largest absolute Gasteiger partial charge is 0.496 e. The van der Waals surface area contributed by atoms with Gasteiger partial charge in [0.15, 0.2) is 0 Å². The Labute approximate surface area is 135 Å². The second kappa shape index (κ2) is 6.81. The Bertz CT molecular complexity index is 648. The minimum atomic E-state index is -0.313. The summed E-state index contributed by atoms with van der Waals surface area (Å²) in [5.41, 5.74) is 0.764. The van der Waals surface area contributed by atoms with Crippen LogP contribution in [0.1, 0.15) is 37.7 Å². The molecule has 1 aliphatic rings. The second-order valence-electron chi connectivity index (χ2n) is 5.95. The fourth-order valence-corrected chi connectivity index (χ4v) is 3.37. The first kappa shape index (κ1) is 15.5. The fourth-order valence-electron chi connectivity index (χ4n) is 3.37. The zero-order valence-electron chi connectivity index (χ0n) is 13.4. The number of aryl methyl sites for hydroxylation is 1. The molecule has 6 heteroatoms. The summed E-state index contributed by atoms with van der Waals surface area (Å²) in [5.74, 6) is 0.874. The number of methoxy groups -OCH3 is 1. The van der Waals surface area contributed by atoms with Gasteiger partial charge in [-0.15, -0.1) is 0 Å². The molecule has 1 aromatic carbocycles. The summed E-state index contributed by atoms with van der Waals surface area (Å²) in [7, 11) is 1.67. The fraction of sp³-hybridized carbons (Fsp3) is 0.471. The van der Waals surface area contributed by atoms with Gasteiger partial charge >= 0.3 is 0 Å². The molecule has 0 radical (unpaired) electrons. The molecule has 0 atom stereocenters. The molecule has 23 heavy (non-hydrogen) atoms. The number of rotatable bonds is 6. The first-order valence-electron chi connectivity index (χ1n) is 8.00. The van der Waals surface area contributed by atoms with E-state index >= 15 is 0 Å². The van der Waals surface area contributed by atoms with Gasteiger partial charge in [-0.3, -0.25) is 9.48 Å². The van der Waals surface area contributed by atoms with Crippen LogP contribution in [-0.4, -0.2) is 27.8 Å². The normalized spacial score (nSPS) is 16.2. The summed E-state index contributed by atoms with van der Waals surface area (Å²) >= 11 is 0. The molecule has 1 N–H and O–H groups in total. The van der Waals surface area contributed by atoms with Crippen molar-refractivity contribution in [2.45, 2.75) is 44.2 Å². The Balaban J connectivity index is 1.74. The van der Waals surface area contributed by atoms with Gasteiger partial charge in [0.25, 0.3) is 0 Å². The van der Waals surface area contributed by atoms with Crippen LogP contribution in [0.3, 0.4) is 0 Å². The van der Waals surface area contributed by atoms with Gasteiger partial charge in [-0.05, 0) is 18.9 Å². The Morgan fingerprint density at radius 1 is 1.35 bits per heavy atom. The van der Waals surface area contributed by atoms with Crippen LogP contribution in [0.4, 0.5) is 0 Å². The second-order valence-corrected chi connectivity index (χ2v) is 5.95. The maximum Gasteiger partial charge on any atom is 0.222 e. The van der Waals surface area contributed by atoms with Crippen molar-refractivity contribution in [2.24, 2.45) is 0 Å². The van der Waals surface area contributed by atoms with Crippen molar-refractivity contribution in [2.75, 3.05) is 7.11 Å². The molecule has 6 nitrogen and oxygen atoms in total. The maximum absolute atomic E-state index is 12.5. The standard InChI is InChI=1S/C17H22N4O2/c1-23-15-7-3-2-6-14(15)17(9-4-5-10-17)20-16(22)8-11-21-13-18-12-19-21/h2-3,6-7,12-13H,4-5,8-11H2,1H3,(H,20,22). The molecule has 1 aromatic heterocycles. The number of nitrogens with one attached hydrogen (secondary N) is 1. The summed E-state index contributed by atoms with van der Waals surface area (Å²) in [6, 6.07) is 7.97. The molecule has 0 bridgehead atoms. The van der Waals surface area contributed by atoms with Gasteiger partial charge < -0.3 is 10.1 Å². The highest BCUT2D eigenvalue weighted by Crippen LogP contribution is 2.42. The van der Waals surface area contributed by atoms with Crippen LogP contribution in [0.5, 0.6) is 5.75 Å². The highest BCUT2D eigenvalue weighted by Gasteiger charge is 2.38. The SMILES string of the molecule is COc1ccccc1C1(NC(=O)CCn2cncn2)CCCC1. The van der Waals surface area contributed by atoms with Crippen molar-refractivity contribution in [1.82, 2.24) is 20.1 Å². The molecule has 1 heterocycles. The van der Waals surface area contributed by atoms with E-state index in [2.05, 4.69) is 21.5 Å². The molecular weight excluding hydrogens is 292 g/mol. The molecular formula is C17H22N4O2. The van der Waals surface area contributed by atoms with Crippen LogP contribution >= 0.6 is 0 Å². The number of carbonyl (C=O) groups is 1. The van der Waals surface area contributed by atoms with E-state index in [1.165, 1.54) is 6.33 Å². The molecule has 122 valence electrons. The summed E-state index contributed by atoms with van der Waals surface area (Å²) in [6.45, 7) is 0.536. The number of hydrogen-bond acceptors (Lipinski definition) is 4. The van der Waals surface area contributed by atoms with Crippen LogP contribution in [0.2, 0.25) is 0 Å². The van der Waals surface area contributed by atoms with Crippen molar-refractivity contribution in [3.63, 3.8) is 0 Å². The molecule has 1 saturated carbocycles. The lowest BCUT2D eigenvalue weighted by Gasteiger charge is -2.32. The van der Waals surface area contributed by atoms with E-state index in [0.29, 0.717) is 13.0 Å². The zero-order valence-corrected chi connectivity index (χ0v) is 13.4. The Morgan fingerprint density at radius 2 is 2.13 bits per heavy atom. The third kappa shape index (κ3) is 3.36. The van der Waals surface area contributed by atoms with E-state index in [9.17, 15) is 4.79 Å². The lowest BCUT2D eigenvalue weighted by molar-refractivity contribution is -0.123. The monoisotopic (exact) mass is 314 g/mol. The van der Waals surface area contributed by atoms with E-state index < -0.39 is 0 Å². The van der Waals surface area contributed by atoms with Crippen molar-refractivity contribution in [3.05, 3.63) is 42.5 Å². The quantitative estimate of drug-likeness (QED) is 0.888. The van der Waals surface area contributed by atoms with Gasteiger partial charge in [-0.25, -0.2) is 4.98 Å². The summed E-state index contributed by atoms with van der Waals surface area (Å²) in [6.07, 6.45) is 7.61. The maximum atomic E-state index is 12.5. The minimum absolute atomic E-state index is 0.0355. The predicted molar refractivity (Wildman–Crippen MR) is 85.9 cm³/mol. The average Bonchev–Trinajstić information content (AvgIpc) is 3.25. The van der Waals surface area contributed by atoms with E-state index in [-0.39, 0.29) is 11.4 Å². The summed E-state index contributed by atoms with van der Waals surface area (Å²) in [4.78, 5) is 16.3. The highest BCUT2D eigenvalue weighted by molar-refractivity contribution is 5.77. The first-order valence-corrected chi connectivity index (χ1v) is 8.00. The lowest BCUT2D eigenvalue weighted by Crippen LogP contribution is -2.44. The van der Waals surface area contributed by atoms with E-state index in [1.807, 2.05) is 18.2 Å². The summed E-state index contributed by atoms with van der Waals surface area (Å²) in [5, 5.41) is 7.29. The lowest BCUT2D eigenvalue weighted by atomic mass is 9.87. The van der Waals surface area contributed by atoms with E-state index in [4.69, 9.17) is 4.74 Å². The predicted octanol–water partition coefficient (Wildman–Crippen LogP) is 2.26. The smallest absolute Gasteiger partial charge is 0.222 e. The third-order valence-corrected chi connectivity index (χ3v) is 4.49. The minimum Gasteiger partial charge on any atom is -0.496 e. The molecule has 3 rings (SSSR count). The Kier molecular flexibility index (Phi) is 4.60. The molecule has 0 spiro atoms. The van der Waals surface area contributed by atoms with Gasteiger partial charge in [0.1, 0.15) is 18.4 Å². The number of ether oxygens (including phenoxy) is 1. The number of nitrogens with zero attached hydrogens (tertiary/aromatic N) is 3. The topological polar surface area (TPSA) is 69.0 Å². The number of benzene rings is 1. The molecule has 0 saturated heterocycles. The molecule has 0 unspecified atom stereocenters. The highest BCUT2D eigenvalue weighted by atomic mass is 16.5. The van der Waals surface area contributed by atoms with Gasteiger partial charge in [-0.2, -0.15) is 5.10 Å². The van der Waals surface area contributed by atoms with Crippen LogP contribution < -0.4 is 10.1 Å². The molecule has 1 fully saturated rings. The molecule has 2 aromatic rings. The number of amides is 1. The van der Waals surface area contributed by atoms with E-state index in [0.717, 1.165) is 37.0 Å². The molecule has 1 aliphatic carbocycles. The first-order chi connectivity index (χ1) is 11.2. The van der Waals surface area contributed by atoms with E-state index in [1.54, 1.807) is 18.1 Å². The molecule has 1 amide bonds. The van der Waals surface area contributed by atoms with Crippen molar-refractivity contribution in [1.29, 1.82) is 0 Å². The van der Waals surface area contributed by atoms with Gasteiger partial charge in [0, 0.05) is 12.0 Å². The van der Waals surface area contributed by atoms with Crippen LogP contribution in [0.25, 0.3) is 0 Å². The van der Waals surface area contributed by atoms with Crippen molar-refractivity contribution in [3.8, 4) is 5.75 Å². The number of hydrogen-bond donors (Lipinski definition) is 1. The number of para-hydroxylation sites is 1. The zero-order chi connectivity index (χ0) is 16.1. The van der Waals surface area contributed by atoms with Gasteiger partial charge in [-0.1, -0.05) is 31.0 Å². The number of aromatic nitrogens is 3. The van der Waals surface area contributed by atoms with Gasteiger partial charge in [0.05, 0.1) is 19.2 Å². The Morgan fingerprint density at radius 3 is 2.83 bits per heavy atom. The third-order valence-electron chi connectivity index (χ3n) is 4.49. The van der Waals surface area contributed by atoms with Crippen molar-refractivity contribution < 1.29 is 9.53 Å². The van der Waals surface area contributed by atoms with Crippen LogP contribution in [0.15, 0.2) is 36.9 Å². The van der Waals surface area contributed by atoms with Crippen molar-refractivity contribution >= 4 is 5.91 Å². The van der Waals surface area contributed by atoms with Crippen LogP contribution in [-0.2, 0) is 16.9 Å². The molecule has 0 aliphatic heterocycles. The number of carbonyl (C=O) groups excluding carboxylic acids is 1. The van der Waals surface area contributed by atoms with Gasteiger partial charge in [0.2, 0.25) is 5.91 Å². The average molecular weight is 314 g/mol. The van der Waals surface area contributed by atoms with Crippen LogP contribution in [0, 0.1) is 0 Å². The Hall–Kier alpha value is -2.37.